The number of carbonyl (C=O) groups excluding carboxylic acids is 2. The fourth-order valence-electron chi connectivity index (χ4n) is 4.77. The maximum absolute atomic E-state index is 13.1. The lowest BCUT2D eigenvalue weighted by molar-refractivity contribution is -0.113. The molecule has 0 radical (unpaired) electrons. The molecule has 0 atom stereocenters. The summed E-state index contributed by atoms with van der Waals surface area (Å²) in [7, 11) is 2.17. The van der Waals surface area contributed by atoms with E-state index < -0.39 is 11.9 Å². The highest BCUT2D eigenvalue weighted by Crippen LogP contribution is 2.26. The van der Waals surface area contributed by atoms with Crippen molar-refractivity contribution in [2.75, 3.05) is 51.3 Å². The molecule has 3 amide bonds. The predicted molar refractivity (Wildman–Crippen MR) is 157 cm³/mol. The maximum atomic E-state index is 13.1. The first-order chi connectivity index (χ1) is 19.9. The number of ether oxygens (including phenoxy) is 2. The molecule has 8 nitrogen and oxygen atoms in total. The van der Waals surface area contributed by atoms with Crippen molar-refractivity contribution in [2.45, 2.75) is 19.3 Å². The Morgan fingerprint density at radius 3 is 2.12 bits per heavy atom. The van der Waals surface area contributed by atoms with Gasteiger partial charge in [-0.1, -0.05) is 12.1 Å². The minimum absolute atomic E-state index is 0.180. The van der Waals surface area contributed by atoms with Crippen LogP contribution in [0.15, 0.2) is 78.5 Å². The first-order valence-electron chi connectivity index (χ1n) is 14.0. The molecule has 214 valence electrons. The molecule has 9 heteroatoms. The van der Waals surface area contributed by atoms with E-state index in [-0.39, 0.29) is 11.5 Å². The molecule has 3 aromatic rings. The molecular formula is C32H35FN4O4. The van der Waals surface area contributed by atoms with E-state index in [1.807, 2.05) is 0 Å². The number of benzene rings is 3. The SMILES string of the molecule is CN1CCN(CCCCCOc2ccc(N3C(=O)NC(=Cc4ccc(Oc5ccc(F)cc5)cc4)C3=O)cc2)CC1. The molecule has 0 saturated carbocycles. The van der Waals surface area contributed by atoms with Gasteiger partial charge in [-0.2, -0.15) is 0 Å². The standard InChI is InChI=1S/C32H35FN4O4/c1-35-18-20-36(21-19-35)17-3-2-4-22-40-27-15-9-26(10-16-27)37-31(38)30(34-32(37)39)23-24-5-11-28(12-6-24)41-29-13-7-25(33)8-14-29/h5-16,23H,2-4,17-22H2,1H3,(H,34,39). The first kappa shape index (κ1) is 28.3. The largest absolute Gasteiger partial charge is 0.494 e. The third kappa shape index (κ3) is 7.71. The minimum atomic E-state index is -0.508. The van der Waals surface area contributed by atoms with E-state index in [0.29, 0.717) is 35.1 Å². The second-order valence-corrected chi connectivity index (χ2v) is 10.3. The van der Waals surface area contributed by atoms with Crippen LogP contribution in [0.25, 0.3) is 6.08 Å². The lowest BCUT2D eigenvalue weighted by Crippen LogP contribution is -2.44. The monoisotopic (exact) mass is 558 g/mol. The molecule has 5 rings (SSSR count). The van der Waals surface area contributed by atoms with Gasteiger partial charge in [0.25, 0.3) is 5.91 Å². The van der Waals surface area contributed by atoms with Crippen molar-refractivity contribution in [3.63, 3.8) is 0 Å². The second-order valence-electron chi connectivity index (χ2n) is 10.3. The molecule has 2 heterocycles. The number of halogens is 1. The van der Waals surface area contributed by atoms with Crippen molar-refractivity contribution in [3.8, 4) is 17.2 Å². The molecule has 0 aliphatic carbocycles. The number of rotatable bonds is 11. The van der Waals surface area contributed by atoms with Gasteiger partial charge in [-0.05, 0) is 105 Å². The van der Waals surface area contributed by atoms with Crippen molar-refractivity contribution in [1.29, 1.82) is 0 Å². The Labute approximate surface area is 239 Å². The maximum Gasteiger partial charge on any atom is 0.333 e. The van der Waals surface area contributed by atoms with Gasteiger partial charge >= 0.3 is 6.03 Å². The lowest BCUT2D eigenvalue weighted by Gasteiger charge is -2.32. The number of piperazine rings is 1. The average Bonchev–Trinajstić information content (AvgIpc) is 3.26. The van der Waals surface area contributed by atoms with Gasteiger partial charge in [-0.15, -0.1) is 0 Å². The molecule has 41 heavy (non-hydrogen) atoms. The summed E-state index contributed by atoms with van der Waals surface area (Å²) in [6.45, 7) is 6.36. The van der Waals surface area contributed by atoms with Crippen LogP contribution in [0.2, 0.25) is 0 Å². The van der Waals surface area contributed by atoms with Gasteiger partial charge in [0.1, 0.15) is 28.8 Å². The second kappa shape index (κ2) is 13.4. The molecule has 2 fully saturated rings. The van der Waals surface area contributed by atoms with E-state index >= 15 is 0 Å². The summed E-state index contributed by atoms with van der Waals surface area (Å²) in [5.74, 6) is 1.02. The molecule has 2 aliphatic rings. The number of nitrogens with zero attached hydrogens (tertiary/aromatic N) is 3. The Kier molecular flexibility index (Phi) is 9.28. The zero-order valence-electron chi connectivity index (χ0n) is 23.2. The van der Waals surface area contributed by atoms with Crippen LogP contribution in [0.5, 0.6) is 17.2 Å². The Bertz CT molecular complexity index is 1350. The molecule has 2 aliphatic heterocycles. The van der Waals surface area contributed by atoms with Gasteiger partial charge < -0.3 is 24.6 Å². The number of nitrogens with one attached hydrogen (secondary N) is 1. The van der Waals surface area contributed by atoms with Gasteiger partial charge in [0, 0.05) is 26.2 Å². The Morgan fingerprint density at radius 2 is 1.44 bits per heavy atom. The van der Waals surface area contributed by atoms with Crippen LogP contribution in [0.3, 0.4) is 0 Å². The van der Waals surface area contributed by atoms with E-state index in [2.05, 4.69) is 22.2 Å². The summed E-state index contributed by atoms with van der Waals surface area (Å²) < 4.78 is 24.7. The van der Waals surface area contributed by atoms with E-state index in [4.69, 9.17) is 9.47 Å². The van der Waals surface area contributed by atoms with Crippen LogP contribution in [0.4, 0.5) is 14.9 Å². The van der Waals surface area contributed by atoms with Crippen molar-refractivity contribution in [3.05, 3.63) is 89.9 Å². The zero-order chi connectivity index (χ0) is 28.6. The Balaban J connectivity index is 1.09. The van der Waals surface area contributed by atoms with Crippen LogP contribution in [0, 0.1) is 5.82 Å². The number of unbranched alkanes of at least 4 members (excludes halogenated alkanes) is 2. The Hall–Kier alpha value is -4.21. The van der Waals surface area contributed by atoms with Crippen molar-refractivity contribution < 1.29 is 23.5 Å². The van der Waals surface area contributed by atoms with Gasteiger partial charge in [0.15, 0.2) is 0 Å². The first-order valence-corrected chi connectivity index (χ1v) is 14.0. The van der Waals surface area contributed by atoms with Crippen molar-refractivity contribution in [2.24, 2.45) is 0 Å². The molecule has 0 bridgehead atoms. The van der Waals surface area contributed by atoms with E-state index in [1.54, 1.807) is 66.7 Å². The molecule has 0 unspecified atom stereocenters. The quantitative estimate of drug-likeness (QED) is 0.190. The van der Waals surface area contributed by atoms with Gasteiger partial charge in [-0.3, -0.25) is 4.79 Å². The van der Waals surface area contributed by atoms with Crippen LogP contribution in [0.1, 0.15) is 24.8 Å². The Morgan fingerprint density at radius 1 is 0.805 bits per heavy atom. The zero-order valence-corrected chi connectivity index (χ0v) is 23.2. The van der Waals surface area contributed by atoms with Crippen LogP contribution in [-0.2, 0) is 4.79 Å². The molecule has 2 saturated heterocycles. The number of hydrogen-bond acceptors (Lipinski definition) is 6. The summed E-state index contributed by atoms with van der Waals surface area (Å²) in [5.41, 5.74) is 1.37. The van der Waals surface area contributed by atoms with Crippen LogP contribution < -0.4 is 19.7 Å². The van der Waals surface area contributed by atoms with Gasteiger partial charge in [0.05, 0.1) is 12.3 Å². The summed E-state index contributed by atoms with van der Waals surface area (Å²) in [4.78, 5) is 31.7. The number of amides is 3. The predicted octanol–water partition coefficient (Wildman–Crippen LogP) is 5.51. The average molecular weight is 559 g/mol. The number of urea groups is 1. The van der Waals surface area contributed by atoms with Crippen LogP contribution in [-0.4, -0.2) is 68.1 Å². The molecule has 0 aromatic heterocycles. The number of likely N-dealkylation sites (N-methyl/N-ethyl adjacent to an activating group) is 1. The highest BCUT2D eigenvalue weighted by atomic mass is 19.1. The van der Waals surface area contributed by atoms with Crippen molar-refractivity contribution in [1.82, 2.24) is 15.1 Å². The van der Waals surface area contributed by atoms with E-state index in [0.717, 1.165) is 50.5 Å². The summed E-state index contributed by atoms with van der Waals surface area (Å²) in [6, 6.07) is 19.2. The molecule has 1 N–H and O–H groups in total. The number of hydrogen-bond donors (Lipinski definition) is 1. The fourth-order valence-corrected chi connectivity index (χ4v) is 4.77. The molecule has 0 spiro atoms. The van der Waals surface area contributed by atoms with E-state index in [1.165, 1.54) is 18.6 Å². The summed E-state index contributed by atoms with van der Waals surface area (Å²) in [6.07, 6.45) is 4.88. The normalized spacial score (nSPS) is 17.2. The third-order valence-electron chi connectivity index (χ3n) is 7.20. The van der Waals surface area contributed by atoms with Gasteiger partial charge in [0.2, 0.25) is 0 Å². The molecule has 3 aromatic carbocycles. The van der Waals surface area contributed by atoms with Gasteiger partial charge in [-0.25, -0.2) is 14.1 Å². The summed E-state index contributed by atoms with van der Waals surface area (Å²) in [5, 5.41) is 2.65. The number of carbonyl (C=O) groups is 2. The van der Waals surface area contributed by atoms with Crippen molar-refractivity contribution >= 4 is 23.7 Å². The topological polar surface area (TPSA) is 74.3 Å². The minimum Gasteiger partial charge on any atom is -0.494 e. The lowest BCUT2D eigenvalue weighted by atomic mass is 10.2. The highest BCUT2D eigenvalue weighted by molar-refractivity contribution is 6.28. The number of imide groups is 1. The smallest absolute Gasteiger partial charge is 0.333 e. The molecular weight excluding hydrogens is 523 g/mol. The number of anilines is 1. The fraction of sp³-hybridized carbons (Fsp3) is 0.312. The highest BCUT2D eigenvalue weighted by Gasteiger charge is 2.34. The summed E-state index contributed by atoms with van der Waals surface area (Å²) >= 11 is 0. The van der Waals surface area contributed by atoms with E-state index in [9.17, 15) is 14.0 Å². The third-order valence-corrected chi connectivity index (χ3v) is 7.20. The van der Waals surface area contributed by atoms with Crippen LogP contribution >= 0.6 is 0 Å².